The molecule has 0 saturated heterocycles. The standard InChI is InChI=1S/C13H28N2OS/c1-3-4-5-6-7-8-10-15-13(16)12(14)9-11-17-2/h12H,3-11,14H2,1-2H3,(H,15,16)/t12-/m0/s1. The lowest BCUT2D eigenvalue weighted by Crippen LogP contribution is -2.41. The number of hydrogen-bond acceptors (Lipinski definition) is 3. The third-order valence-corrected chi connectivity index (χ3v) is 3.44. The molecule has 0 radical (unpaired) electrons. The highest BCUT2D eigenvalue weighted by Crippen LogP contribution is 2.04. The fourth-order valence-electron chi connectivity index (χ4n) is 1.62. The zero-order valence-electron chi connectivity index (χ0n) is 11.3. The molecular formula is C13H28N2OS. The van der Waals surface area contributed by atoms with Crippen molar-refractivity contribution in [3.63, 3.8) is 0 Å². The van der Waals surface area contributed by atoms with Gasteiger partial charge in [-0.25, -0.2) is 0 Å². The minimum atomic E-state index is -0.331. The van der Waals surface area contributed by atoms with Crippen molar-refractivity contribution in [2.24, 2.45) is 5.73 Å². The van der Waals surface area contributed by atoms with Crippen molar-refractivity contribution in [2.45, 2.75) is 57.9 Å². The van der Waals surface area contributed by atoms with Gasteiger partial charge in [0.15, 0.2) is 0 Å². The summed E-state index contributed by atoms with van der Waals surface area (Å²) >= 11 is 1.73. The third kappa shape index (κ3) is 10.6. The molecule has 0 unspecified atom stereocenters. The van der Waals surface area contributed by atoms with Crippen LogP contribution in [0.5, 0.6) is 0 Å². The van der Waals surface area contributed by atoms with E-state index in [-0.39, 0.29) is 11.9 Å². The molecule has 4 heteroatoms. The van der Waals surface area contributed by atoms with E-state index in [0.29, 0.717) is 0 Å². The zero-order chi connectivity index (χ0) is 12.9. The van der Waals surface area contributed by atoms with Crippen LogP contribution in [0.2, 0.25) is 0 Å². The monoisotopic (exact) mass is 260 g/mol. The van der Waals surface area contributed by atoms with Crippen LogP contribution in [0.4, 0.5) is 0 Å². The summed E-state index contributed by atoms with van der Waals surface area (Å²) in [4.78, 5) is 11.5. The molecule has 1 atom stereocenters. The van der Waals surface area contributed by atoms with E-state index in [4.69, 9.17) is 5.73 Å². The van der Waals surface area contributed by atoms with Gasteiger partial charge in [-0.3, -0.25) is 4.79 Å². The summed E-state index contributed by atoms with van der Waals surface area (Å²) in [6.07, 6.45) is 10.3. The lowest BCUT2D eigenvalue weighted by Gasteiger charge is -2.11. The first-order valence-corrected chi connectivity index (χ1v) is 8.14. The van der Waals surface area contributed by atoms with Gasteiger partial charge < -0.3 is 11.1 Å². The number of rotatable bonds is 11. The predicted molar refractivity (Wildman–Crippen MR) is 77.4 cm³/mol. The smallest absolute Gasteiger partial charge is 0.236 e. The van der Waals surface area contributed by atoms with E-state index in [9.17, 15) is 4.79 Å². The Labute approximate surface area is 110 Å². The lowest BCUT2D eigenvalue weighted by atomic mass is 10.1. The Balaban J connectivity index is 3.32. The maximum absolute atomic E-state index is 11.5. The number of hydrogen-bond donors (Lipinski definition) is 2. The SMILES string of the molecule is CCCCCCCCNC(=O)[C@@H](N)CCSC. The molecule has 0 aliphatic rings. The van der Waals surface area contributed by atoms with E-state index >= 15 is 0 Å². The Bertz CT molecular complexity index is 188. The number of amides is 1. The van der Waals surface area contributed by atoms with Crippen molar-refractivity contribution in [1.29, 1.82) is 0 Å². The molecule has 17 heavy (non-hydrogen) atoms. The molecule has 0 heterocycles. The first-order valence-electron chi connectivity index (χ1n) is 6.74. The molecule has 0 aliphatic carbocycles. The Kier molecular flexibility index (Phi) is 12.1. The second-order valence-corrected chi connectivity index (χ2v) is 5.43. The van der Waals surface area contributed by atoms with Gasteiger partial charge in [-0.15, -0.1) is 0 Å². The Morgan fingerprint density at radius 1 is 1.24 bits per heavy atom. The molecule has 0 fully saturated rings. The van der Waals surface area contributed by atoms with Gasteiger partial charge in [0.05, 0.1) is 6.04 Å². The Morgan fingerprint density at radius 3 is 2.53 bits per heavy atom. The Hall–Kier alpha value is -0.220. The van der Waals surface area contributed by atoms with E-state index in [1.54, 1.807) is 11.8 Å². The van der Waals surface area contributed by atoms with Crippen molar-refractivity contribution < 1.29 is 4.79 Å². The molecule has 3 nitrogen and oxygen atoms in total. The zero-order valence-corrected chi connectivity index (χ0v) is 12.2. The van der Waals surface area contributed by atoms with Crippen LogP contribution >= 0.6 is 11.8 Å². The van der Waals surface area contributed by atoms with Crippen molar-refractivity contribution in [3.05, 3.63) is 0 Å². The predicted octanol–water partition coefficient (Wildman–Crippen LogP) is 2.54. The molecule has 0 bridgehead atoms. The number of nitrogens with two attached hydrogens (primary N) is 1. The van der Waals surface area contributed by atoms with Gasteiger partial charge in [0.25, 0.3) is 0 Å². The third-order valence-electron chi connectivity index (χ3n) is 2.80. The molecule has 0 aromatic rings. The van der Waals surface area contributed by atoms with Crippen LogP contribution in [0.15, 0.2) is 0 Å². The molecule has 0 spiro atoms. The normalized spacial score (nSPS) is 12.4. The first kappa shape index (κ1) is 16.8. The summed E-state index contributed by atoms with van der Waals surface area (Å²) in [6, 6.07) is -0.331. The minimum Gasteiger partial charge on any atom is -0.355 e. The second kappa shape index (κ2) is 12.2. The van der Waals surface area contributed by atoms with Gasteiger partial charge in [-0.05, 0) is 24.9 Å². The van der Waals surface area contributed by atoms with E-state index in [0.717, 1.165) is 25.1 Å². The molecule has 1 amide bonds. The summed E-state index contributed by atoms with van der Waals surface area (Å²) in [5.74, 6) is 0.957. The van der Waals surface area contributed by atoms with Crippen molar-refractivity contribution >= 4 is 17.7 Å². The van der Waals surface area contributed by atoms with Crippen LogP contribution in [0.1, 0.15) is 51.9 Å². The lowest BCUT2D eigenvalue weighted by molar-refractivity contribution is -0.122. The van der Waals surface area contributed by atoms with Crippen LogP contribution in [0.25, 0.3) is 0 Å². The highest BCUT2D eigenvalue weighted by Gasteiger charge is 2.11. The van der Waals surface area contributed by atoms with Crippen LogP contribution in [0.3, 0.4) is 0 Å². The summed E-state index contributed by atoms with van der Waals surface area (Å²) < 4.78 is 0. The van der Waals surface area contributed by atoms with Crippen molar-refractivity contribution in [2.75, 3.05) is 18.6 Å². The number of thioether (sulfide) groups is 1. The molecule has 0 aromatic heterocycles. The quantitative estimate of drug-likeness (QED) is 0.561. The van der Waals surface area contributed by atoms with Crippen molar-refractivity contribution in [1.82, 2.24) is 5.32 Å². The molecule has 0 aliphatic heterocycles. The fraction of sp³-hybridized carbons (Fsp3) is 0.923. The maximum atomic E-state index is 11.5. The second-order valence-electron chi connectivity index (χ2n) is 4.45. The largest absolute Gasteiger partial charge is 0.355 e. The summed E-state index contributed by atoms with van der Waals surface area (Å²) in [5.41, 5.74) is 5.76. The highest BCUT2D eigenvalue weighted by molar-refractivity contribution is 7.98. The van der Waals surface area contributed by atoms with E-state index in [2.05, 4.69) is 12.2 Å². The fourth-order valence-corrected chi connectivity index (χ4v) is 2.11. The molecule has 0 rings (SSSR count). The van der Waals surface area contributed by atoms with Crippen LogP contribution in [-0.2, 0) is 4.79 Å². The average molecular weight is 260 g/mol. The molecule has 0 aromatic carbocycles. The van der Waals surface area contributed by atoms with Gasteiger partial charge in [-0.2, -0.15) is 11.8 Å². The first-order chi connectivity index (χ1) is 8.22. The molecule has 0 saturated carbocycles. The van der Waals surface area contributed by atoms with E-state index in [1.807, 2.05) is 6.26 Å². The Morgan fingerprint density at radius 2 is 1.88 bits per heavy atom. The van der Waals surface area contributed by atoms with E-state index < -0.39 is 0 Å². The van der Waals surface area contributed by atoms with Gasteiger partial charge in [0.1, 0.15) is 0 Å². The van der Waals surface area contributed by atoms with Gasteiger partial charge >= 0.3 is 0 Å². The number of nitrogens with one attached hydrogen (secondary N) is 1. The topological polar surface area (TPSA) is 55.1 Å². The van der Waals surface area contributed by atoms with Gasteiger partial charge in [-0.1, -0.05) is 39.0 Å². The average Bonchev–Trinajstić information content (AvgIpc) is 2.34. The van der Waals surface area contributed by atoms with Crippen molar-refractivity contribution in [3.8, 4) is 0 Å². The van der Waals surface area contributed by atoms with Crippen LogP contribution in [0, 0.1) is 0 Å². The molecule has 3 N–H and O–H groups in total. The van der Waals surface area contributed by atoms with Crippen LogP contribution in [-0.4, -0.2) is 30.5 Å². The van der Waals surface area contributed by atoms with Gasteiger partial charge in [0.2, 0.25) is 5.91 Å². The number of unbranched alkanes of at least 4 members (excludes halogenated alkanes) is 5. The summed E-state index contributed by atoms with van der Waals surface area (Å²) in [7, 11) is 0. The number of carbonyl (C=O) groups is 1. The van der Waals surface area contributed by atoms with E-state index in [1.165, 1.54) is 32.1 Å². The van der Waals surface area contributed by atoms with Crippen LogP contribution < -0.4 is 11.1 Å². The summed E-state index contributed by atoms with van der Waals surface area (Å²) in [5, 5.41) is 2.91. The number of carbonyl (C=O) groups excluding carboxylic acids is 1. The maximum Gasteiger partial charge on any atom is 0.236 e. The highest BCUT2D eigenvalue weighted by atomic mass is 32.2. The molecular weight excluding hydrogens is 232 g/mol. The van der Waals surface area contributed by atoms with Gasteiger partial charge in [0, 0.05) is 6.54 Å². The summed E-state index contributed by atoms with van der Waals surface area (Å²) in [6.45, 7) is 2.99. The molecule has 102 valence electrons. The minimum absolute atomic E-state index is 0.00704.